The van der Waals surface area contributed by atoms with E-state index in [-0.39, 0.29) is 22.6 Å². The van der Waals surface area contributed by atoms with Gasteiger partial charge in [0.15, 0.2) is 0 Å². The quantitative estimate of drug-likeness (QED) is 0.618. The van der Waals surface area contributed by atoms with Gasteiger partial charge in [-0.1, -0.05) is 6.92 Å². The zero-order chi connectivity index (χ0) is 19.4. The van der Waals surface area contributed by atoms with E-state index in [1.165, 1.54) is 0 Å². The molecule has 1 unspecified atom stereocenters. The van der Waals surface area contributed by atoms with E-state index in [9.17, 15) is 14.9 Å². The van der Waals surface area contributed by atoms with E-state index in [0.717, 1.165) is 38.3 Å². The van der Waals surface area contributed by atoms with Crippen LogP contribution >= 0.6 is 0 Å². The molecule has 1 aromatic heterocycles. The number of pyridine rings is 1. The first-order valence-electron chi connectivity index (χ1n) is 9.28. The summed E-state index contributed by atoms with van der Waals surface area (Å²) in [7, 11) is 0. The maximum absolute atomic E-state index is 12.1. The lowest BCUT2D eigenvalue weighted by Gasteiger charge is -2.36. The van der Waals surface area contributed by atoms with Gasteiger partial charge in [0.2, 0.25) is 5.91 Å². The number of non-ortho nitro benzene ring substituents is 1. The molecule has 0 aliphatic carbocycles. The van der Waals surface area contributed by atoms with Gasteiger partial charge in [-0.25, -0.2) is 0 Å². The summed E-state index contributed by atoms with van der Waals surface area (Å²) in [6.45, 7) is 7.48. The summed E-state index contributed by atoms with van der Waals surface area (Å²) in [5.41, 5.74) is 1.62. The van der Waals surface area contributed by atoms with E-state index in [1.54, 1.807) is 30.5 Å². The molecule has 1 aliphatic rings. The van der Waals surface area contributed by atoms with Gasteiger partial charge in [0, 0.05) is 44.5 Å². The summed E-state index contributed by atoms with van der Waals surface area (Å²) >= 11 is 0. The van der Waals surface area contributed by atoms with E-state index in [4.69, 9.17) is 0 Å². The minimum Gasteiger partial charge on any atom is -0.367 e. The molecule has 1 aromatic carbocycles. The molecule has 27 heavy (non-hydrogen) atoms. The molecule has 0 bridgehead atoms. The van der Waals surface area contributed by atoms with Gasteiger partial charge in [-0.15, -0.1) is 0 Å². The smallest absolute Gasteiger partial charge is 0.278 e. The van der Waals surface area contributed by atoms with Crippen molar-refractivity contribution in [2.24, 2.45) is 0 Å². The largest absolute Gasteiger partial charge is 0.367 e. The number of rotatable bonds is 6. The number of nitro benzene ring substituents is 1. The second-order valence-corrected chi connectivity index (χ2v) is 6.90. The average molecular weight is 371 g/mol. The second-order valence-electron chi connectivity index (χ2n) is 6.90. The summed E-state index contributed by atoms with van der Waals surface area (Å²) in [6.07, 6.45) is 2.57. The number of aromatic nitrogens is 1. The minimum atomic E-state index is -0.373. The SMILES string of the molecule is CCC(C)NC(=O)CN1CCN(c2ccc([N+](=O)[O-])c3cccnc23)CC1. The number of anilines is 1. The van der Waals surface area contributed by atoms with Gasteiger partial charge in [0.05, 0.1) is 22.5 Å². The van der Waals surface area contributed by atoms with E-state index < -0.39 is 0 Å². The number of fused-ring (bicyclic) bond motifs is 1. The fourth-order valence-corrected chi connectivity index (χ4v) is 3.33. The Hall–Kier alpha value is -2.74. The highest BCUT2D eigenvalue weighted by Crippen LogP contribution is 2.32. The van der Waals surface area contributed by atoms with E-state index in [0.29, 0.717) is 17.4 Å². The van der Waals surface area contributed by atoms with Gasteiger partial charge in [-0.05, 0) is 31.5 Å². The monoisotopic (exact) mass is 371 g/mol. The van der Waals surface area contributed by atoms with Crippen LogP contribution in [-0.2, 0) is 4.79 Å². The number of amides is 1. The summed E-state index contributed by atoms with van der Waals surface area (Å²) in [4.78, 5) is 31.7. The van der Waals surface area contributed by atoms with Crippen LogP contribution in [0.4, 0.5) is 11.4 Å². The Kier molecular flexibility index (Phi) is 5.85. The van der Waals surface area contributed by atoms with Gasteiger partial charge in [-0.2, -0.15) is 0 Å². The Balaban J connectivity index is 1.69. The molecule has 1 amide bonds. The Morgan fingerprint density at radius 3 is 2.70 bits per heavy atom. The number of carbonyl (C=O) groups is 1. The van der Waals surface area contributed by atoms with Gasteiger partial charge in [0.1, 0.15) is 5.52 Å². The summed E-state index contributed by atoms with van der Waals surface area (Å²) < 4.78 is 0. The number of nitrogens with one attached hydrogen (secondary N) is 1. The fourth-order valence-electron chi connectivity index (χ4n) is 3.33. The highest BCUT2D eigenvalue weighted by Gasteiger charge is 2.23. The lowest BCUT2D eigenvalue weighted by Crippen LogP contribution is -2.50. The molecule has 8 heteroatoms. The second kappa shape index (κ2) is 8.30. The first-order chi connectivity index (χ1) is 13.0. The molecule has 2 aromatic rings. The molecule has 144 valence electrons. The van der Waals surface area contributed by atoms with E-state index in [2.05, 4.69) is 20.1 Å². The lowest BCUT2D eigenvalue weighted by atomic mass is 10.1. The first kappa shape index (κ1) is 19.0. The Morgan fingerprint density at radius 1 is 1.30 bits per heavy atom. The standard InChI is InChI=1S/C19H25N5O3/c1-3-14(2)21-18(25)13-22-9-11-23(12-10-22)17-7-6-16(24(26)27)15-5-4-8-20-19(15)17/h4-8,14H,3,9-13H2,1-2H3,(H,21,25). The number of benzene rings is 1. The van der Waals surface area contributed by atoms with Crippen molar-refractivity contribution in [2.45, 2.75) is 26.3 Å². The van der Waals surface area contributed by atoms with Crippen molar-refractivity contribution in [2.75, 3.05) is 37.6 Å². The molecule has 0 radical (unpaired) electrons. The molecule has 1 fully saturated rings. The molecule has 0 spiro atoms. The van der Waals surface area contributed by atoms with Crippen molar-refractivity contribution in [3.05, 3.63) is 40.6 Å². The molecule has 8 nitrogen and oxygen atoms in total. The number of hydrogen-bond donors (Lipinski definition) is 1. The zero-order valence-corrected chi connectivity index (χ0v) is 15.7. The molecule has 0 saturated carbocycles. The van der Waals surface area contributed by atoms with Crippen molar-refractivity contribution in [1.82, 2.24) is 15.2 Å². The molecule has 1 N–H and O–H groups in total. The van der Waals surface area contributed by atoms with Crippen molar-refractivity contribution in [1.29, 1.82) is 0 Å². The number of piperazine rings is 1. The number of hydrogen-bond acceptors (Lipinski definition) is 6. The van der Waals surface area contributed by atoms with Crippen LogP contribution < -0.4 is 10.2 Å². The number of nitro groups is 1. The fraction of sp³-hybridized carbons (Fsp3) is 0.474. The Morgan fingerprint density at radius 2 is 2.04 bits per heavy atom. The molecule has 1 atom stereocenters. The molecular formula is C19H25N5O3. The van der Waals surface area contributed by atoms with Crippen molar-refractivity contribution in [3.63, 3.8) is 0 Å². The minimum absolute atomic E-state index is 0.0558. The number of carbonyl (C=O) groups excluding carboxylic acids is 1. The van der Waals surface area contributed by atoms with Crippen LogP contribution in [0.15, 0.2) is 30.5 Å². The normalized spacial score (nSPS) is 16.3. The molecule has 2 heterocycles. The summed E-state index contributed by atoms with van der Waals surface area (Å²) in [5, 5.41) is 14.8. The van der Waals surface area contributed by atoms with Gasteiger partial charge >= 0.3 is 0 Å². The first-order valence-corrected chi connectivity index (χ1v) is 9.28. The highest BCUT2D eigenvalue weighted by atomic mass is 16.6. The molecular weight excluding hydrogens is 346 g/mol. The van der Waals surface area contributed by atoms with Crippen molar-refractivity contribution in [3.8, 4) is 0 Å². The van der Waals surface area contributed by atoms with Crippen LogP contribution in [0.1, 0.15) is 20.3 Å². The summed E-state index contributed by atoms with van der Waals surface area (Å²) in [5.74, 6) is 0.0558. The predicted molar refractivity (Wildman–Crippen MR) is 105 cm³/mol. The van der Waals surface area contributed by atoms with Crippen LogP contribution in [0.25, 0.3) is 10.9 Å². The maximum Gasteiger partial charge on any atom is 0.278 e. The van der Waals surface area contributed by atoms with Gasteiger partial charge < -0.3 is 10.2 Å². The maximum atomic E-state index is 12.1. The van der Waals surface area contributed by atoms with Crippen molar-refractivity contribution >= 4 is 28.2 Å². The molecule has 1 saturated heterocycles. The third kappa shape index (κ3) is 4.33. The topological polar surface area (TPSA) is 91.6 Å². The molecule has 1 aliphatic heterocycles. The van der Waals surface area contributed by atoms with E-state index >= 15 is 0 Å². The third-order valence-electron chi connectivity index (χ3n) is 5.02. The number of nitrogens with zero attached hydrogens (tertiary/aromatic N) is 4. The highest BCUT2D eigenvalue weighted by molar-refractivity contribution is 5.97. The zero-order valence-electron chi connectivity index (χ0n) is 15.7. The Labute approximate surface area is 158 Å². The average Bonchev–Trinajstić information content (AvgIpc) is 2.67. The third-order valence-corrected chi connectivity index (χ3v) is 5.02. The van der Waals surface area contributed by atoms with Crippen molar-refractivity contribution < 1.29 is 9.72 Å². The Bertz CT molecular complexity index is 833. The van der Waals surface area contributed by atoms with Crippen LogP contribution in [0.3, 0.4) is 0 Å². The van der Waals surface area contributed by atoms with Crippen LogP contribution in [0, 0.1) is 10.1 Å². The van der Waals surface area contributed by atoms with Crippen LogP contribution in [0.2, 0.25) is 0 Å². The van der Waals surface area contributed by atoms with Gasteiger partial charge in [0.25, 0.3) is 5.69 Å². The predicted octanol–water partition coefficient (Wildman–Crippen LogP) is 2.18. The van der Waals surface area contributed by atoms with Gasteiger partial charge in [-0.3, -0.25) is 24.8 Å². The summed E-state index contributed by atoms with van der Waals surface area (Å²) in [6, 6.07) is 6.97. The molecule has 3 rings (SSSR count). The van der Waals surface area contributed by atoms with Crippen LogP contribution in [-0.4, -0.2) is 59.5 Å². The van der Waals surface area contributed by atoms with Crippen LogP contribution in [0.5, 0.6) is 0 Å². The van der Waals surface area contributed by atoms with E-state index in [1.807, 2.05) is 13.8 Å². The lowest BCUT2D eigenvalue weighted by molar-refractivity contribution is -0.383.